The number of hydrogen-bond donors (Lipinski definition) is 1. The molecule has 0 amide bonds. The van der Waals surface area contributed by atoms with Crippen molar-refractivity contribution in [3.05, 3.63) is 62.6 Å². The third-order valence-corrected chi connectivity index (χ3v) is 6.52. The van der Waals surface area contributed by atoms with Crippen molar-refractivity contribution in [3.63, 3.8) is 0 Å². The molecule has 0 unspecified atom stereocenters. The Morgan fingerprint density at radius 2 is 1.96 bits per heavy atom. The van der Waals surface area contributed by atoms with E-state index in [9.17, 15) is 0 Å². The van der Waals surface area contributed by atoms with Crippen LogP contribution in [0.3, 0.4) is 0 Å². The van der Waals surface area contributed by atoms with E-state index in [2.05, 4.69) is 60.4 Å². The van der Waals surface area contributed by atoms with Crippen molar-refractivity contribution in [3.8, 4) is 16.8 Å². The second-order valence-electron chi connectivity index (χ2n) is 6.67. The highest BCUT2D eigenvalue weighted by Gasteiger charge is 2.34. The Morgan fingerprint density at radius 1 is 1.17 bits per heavy atom. The number of hydrogen-bond acceptors (Lipinski definition) is 3. The number of aromatic nitrogens is 1. The molecule has 0 spiro atoms. The van der Waals surface area contributed by atoms with Gasteiger partial charge in [-0.05, 0) is 50.6 Å². The number of anilines is 1. The average Bonchev–Trinajstić information content (AvgIpc) is 2.86. The fraction of sp³-hybridized carbons (Fsp3) is 0.211. The molecule has 1 aliphatic heterocycles. The van der Waals surface area contributed by atoms with Gasteiger partial charge in [-0.25, -0.2) is 0 Å². The van der Waals surface area contributed by atoms with Crippen LogP contribution in [0.4, 0.5) is 5.69 Å². The third kappa shape index (κ3) is 2.41. The van der Waals surface area contributed by atoms with Crippen molar-refractivity contribution < 1.29 is 0 Å². The number of rotatable bonds is 1. The quantitative estimate of drug-likeness (QED) is 0.487. The highest BCUT2D eigenvalue weighted by Crippen LogP contribution is 2.48. The maximum Gasteiger partial charge on any atom is 0.129 e. The third-order valence-electron chi connectivity index (χ3n) is 4.31. The van der Waals surface area contributed by atoms with Gasteiger partial charge in [0.05, 0.1) is 16.1 Å². The zero-order valence-corrected chi connectivity index (χ0v) is 16.1. The van der Waals surface area contributed by atoms with Gasteiger partial charge < -0.3 is 5.32 Å². The van der Waals surface area contributed by atoms with Crippen molar-refractivity contribution in [2.45, 2.75) is 26.3 Å². The topological polar surface area (TPSA) is 17.0 Å². The average molecular weight is 373 g/mol. The van der Waals surface area contributed by atoms with Gasteiger partial charge in [0.2, 0.25) is 0 Å². The number of aryl methyl sites for hydroxylation is 1. The molecule has 24 heavy (non-hydrogen) atoms. The summed E-state index contributed by atoms with van der Waals surface area (Å²) in [5, 5.41) is 4.33. The molecule has 2 nitrogen and oxygen atoms in total. The van der Waals surface area contributed by atoms with Crippen molar-refractivity contribution in [1.29, 1.82) is 0 Å². The Morgan fingerprint density at radius 3 is 2.71 bits per heavy atom. The Labute approximate surface area is 155 Å². The minimum Gasteiger partial charge on any atom is -0.375 e. The predicted octanol–water partition coefficient (Wildman–Crippen LogP) is 6.56. The van der Waals surface area contributed by atoms with Gasteiger partial charge >= 0.3 is 0 Å². The van der Waals surface area contributed by atoms with Crippen molar-refractivity contribution in [1.82, 2.24) is 3.96 Å². The summed E-state index contributed by atoms with van der Waals surface area (Å²) >= 11 is 13.8. The van der Waals surface area contributed by atoms with Gasteiger partial charge in [0, 0.05) is 21.8 Å². The van der Waals surface area contributed by atoms with Gasteiger partial charge in [0.25, 0.3) is 0 Å². The smallest absolute Gasteiger partial charge is 0.129 e. The van der Waals surface area contributed by atoms with Crippen LogP contribution in [-0.2, 0) is 5.54 Å². The van der Waals surface area contributed by atoms with Gasteiger partial charge in [-0.3, -0.25) is 3.96 Å². The van der Waals surface area contributed by atoms with E-state index in [1.807, 2.05) is 12.1 Å². The van der Waals surface area contributed by atoms with E-state index in [-0.39, 0.29) is 5.54 Å². The maximum absolute atomic E-state index is 6.19. The molecule has 0 atom stereocenters. The molecule has 2 aromatic carbocycles. The van der Waals surface area contributed by atoms with Gasteiger partial charge in [0.1, 0.15) is 4.64 Å². The summed E-state index contributed by atoms with van der Waals surface area (Å²) in [5.41, 5.74) is 5.46. The molecule has 1 aliphatic rings. The number of halogens is 1. The van der Waals surface area contributed by atoms with Crippen LogP contribution in [0.1, 0.15) is 24.3 Å². The highest BCUT2D eigenvalue weighted by atomic mass is 35.5. The summed E-state index contributed by atoms with van der Waals surface area (Å²) in [6.07, 6.45) is 0. The molecule has 0 radical (unpaired) electrons. The normalized spacial score (nSPS) is 14.7. The molecule has 1 aromatic heterocycles. The highest BCUT2D eigenvalue weighted by molar-refractivity contribution is 7.71. The monoisotopic (exact) mass is 372 g/mol. The first-order valence-electron chi connectivity index (χ1n) is 7.79. The van der Waals surface area contributed by atoms with E-state index < -0.39 is 0 Å². The van der Waals surface area contributed by atoms with Gasteiger partial charge in [-0.15, -0.1) is 0 Å². The first-order valence-corrected chi connectivity index (χ1v) is 9.35. The van der Waals surface area contributed by atoms with E-state index in [0.29, 0.717) is 0 Å². The van der Waals surface area contributed by atoms with E-state index >= 15 is 0 Å². The van der Waals surface area contributed by atoms with E-state index in [1.165, 1.54) is 10.4 Å². The van der Waals surface area contributed by atoms with Crippen LogP contribution < -0.4 is 5.32 Å². The van der Waals surface area contributed by atoms with Gasteiger partial charge in [0.15, 0.2) is 0 Å². The molecule has 5 heteroatoms. The first kappa shape index (κ1) is 15.9. The van der Waals surface area contributed by atoms with E-state index in [0.717, 1.165) is 32.2 Å². The van der Waals surface area contributed by atoms with E-state index in [4.69, 9.17) is 23.8 Å². The predicted molar refractivity (Wildman–Crippen MR) is 106 cm³/mol. The van der Waals surface area contributed by atoms with Crippen LogP contribution in [0.5, 0.6) is 0 Å². The van der Waals surface area contributed by atoms with Crippen LogP contribution in [0, 0.1) is 11.6 Å². The summed E-state index contributed by atoms with van der Waals surface area (Å²) < 4.78 is 3.01. The Balaban J connectivity index is 2.02. The van der Waals surface area contributed by atoms with Crippen LogP contribution in [0.25, 0.3) is 16.8 Å². The fourth-order valence-electron chi connectivity index (χ4n) is 3.20. The van der Waals surface area contributed by atoms with Crippen LogP contribution in [-0.4, -0.2) is 3.96 Å². The molecule has 1 N–H and O–H groups in total. The molecular formula is C19H17ClN2S2. The molecule has 0 aliphatic carbocycles. The molecule has 3 aromatic rings. The van der Waals surface area contributed by atoms with Gasteiger partial charge in [-0.2, -0.15) is 0 Å². The largest absolute Gasteiger partial charge is 0.375 e. The standard InChI is InChI=1S/C19H17ClN2S2/c1-11-5-4-6-13(9-11)22-18(23)16-14-8-7-12(20)10-15(14)21-19(2,3)17(16)24-22/h4-10,21H,1-3H3. The summed E-state index contributed by atoms with van der Waals surface area (Å²) in [4.78, 5) is 1.25. The minimum absolute atomic E-state index is 0.194. The lowest BCUT2D eigenvalue weighted by molar-refractivity contribution is 0.620. The summed E-state index contributed by atoms with van der Waals surface area (Å²) in [6, 6.07) is 14.4. The van der Waals surface area contributed by atoms with Crippen molar-refractivity contribution in [2.75, 3.05) is 5.32 Å². The lowest BCUT2D eigenvalue weighted by Crippen LogP contribution is -2.30. The molecule has 0 saturated heterocycles. The zero-order valence-electron chi connectivity index (χ0n) is 13.7. The number of fused-ring (bicyclic) bond motifs is 3. The number of nitrogens with zero attached hydrogens (tertiary/aromatic N) is 1. The number of benzene rings is 2. The Kier molecular flexibility index (Phi) is 3.60. The first-order chi connectivity index (χ1) is 11.4. The second-order valence-corrected chi connectivity index (χ2v) is 8.45. The van der Waals surface area contributed by atoms with Crippen molar-refractivity contribution in [2.24, 2.45) is 0 Å². The Hall–Kier alpha value is -1.62. The molecule has 122 valence electrons. The van der Waals surface area contributed by atoms with Crippen molar-refractivity contribution >= 4 is 41.0 Å². The SMILES string of the molecule is Cc1cccc(-n2sc3c(c2=S)-c2ccc(Cl)cc2NC3(C)C)c1. The van der Waals surface area contributed by atoms with Gasteiger partial charge in [-0.1, -0.05) is 53.6 Å². The van der Waals surface area contributed by atoms with Crippen LogP contribution in [0.2, 0.25) is 5.02 Å². The summed E-state index contributed by atoms with van der Waals surface area (Å²) in [7, 11) is 0. The molecule has 4 rings (SSSR count). The zero-order chi connectivity index (χ0) is 17.1. The van der Waals surface area contributed by atoms with Crippen LogP contribution >= 0.6 is 35.4 Å². The molecule has 0 saturated carbocycles. The molecule has 0 fully saturated rings. The lowest BCUT2D eigenvalue weighted by atomic mass is 9.90. The summed E-state index contributed by atoms with van der Waals surface area (Å²) in [6.45, 7) is 6.46. The molecule has 2 heterocycles. The molecule has 0 bridgehead atoms. The molecular weight excluding hydrogens is 356 g/mol. The van der Waals surface area contributed by atoms with E-state index in [1.54, 1.807) is 11.5 Å². The Bertz CT molecular complexity index is 1010. The lowest BCUT2D eigenvalue weighted by Gasteiger charge is -2.33. The minimum atomic E-state index is -0.194. The van der Waals surface area contributed by atoms with Crippen LogP contribution in [0.15, 0.2) is 42.5 Å². The maximum atomic E-state index is 6.19. The summed E-state index contributed by atoms with van der Waals surface area (Å²) in [5.74, 6) is 0. The second kappa shape index (κ2) is 5.45. The number of nitrogens with one attached hydrogen (secondary N) is 1. The fourth-order valence-corrected chi connectivity index (χ4v) is 5.02.